The molecule has 0 rings (SSSR count). The molecule has 8 nitrogen and oxygen atoms in total. The van der Waals surface area contributed by atoms with E-state index >= 15 is 0 Å². The maximum atomic E-state index is 11.4. The van der Waals surface area contributed by atoms with E-state index in [9.17, 15) is 43.2 Å². The number of methoxy groups -OCH3 is 2. The number of halogens is 6. The predicted molar refractivity (Wildman–Crippen MR) is 68.7 cm³/mol. The molecule has 0 aliphatic carbocycles. The smallest absolute Gasteiger partial charge is 0.421 e. The molecular formula is C8H16F6N2O6S2. The maximum Gasteiger partial charge on any atom is 0.480 e. The zero-order valence-electron chi connectivity index (χ0n) is 12.4. The van der Waals surface area contributed by atoms with Gasteiger partial charge in [0.1, 0.15) is 0 Å². The van der Waals surface area contributed by atoms with Gasteiger partial charge in [-0.25, -0.2) is 16.8 Å². The third-order valence-corrected chi connectivity index (χ3v) is 4.57. The number of nitrogens with two attached hydrogens (primary N) is 1. The van der Waals surface area contributed by atoms with E-state index in [1.54, 1.807) is 14.2 Å². The van der Waals surface area contributed by atoms with Crippen molar-refractivity contribution in [2.45, 2.75) is 11.0 Å². The van der Waals surface area contributed by atoms with Crippen LogP contribution in [-0.4, -0.2) is 68.4 Å². The predicted octanol–water partition coefficient (Wildman–Crippen LogP) is -0.0981. The monoisotopic (exact) mass is 414 g/mol. The lowest BCUT2D eigenvalue weighted by Gasteiger charge is -2.22. The largest absolute Gasteiger partial charge is 0.480 e. The molecule has 0 fully saturated rings. The first-order valence-corrected chi connectivity index (χ1v) is 8.66. The Kier molecular flexibility index (Phi) is 11.0. The molecular weight excluding hydrogens is 398 g/mol. The Balaban J connectivity index is 0. The lowest BCUT2D eigenvalue weighted by molar-refractivity contribution is -0.657. The molecule has 0 aromatic carbocycles. The van der Waals surface area contributed by atoms with Gasteiger partial charge in [0.2, 0.25) is 0 Å². The lowest BCUT2D eigenvalue weighted by Crippen LogP contribution is -2.86. The van der Waals surface area contributed by atoms with Crippen LogP contribution in [0.25, 0.3) is 4.13 Å². The standard InChI is InChI=1S/C6H15NO2.C2F6NO4S2/c1-8-5-3-7-4-6-9-2;3-1(4,5)14(10,11)9-15(12,13)2(6,7)8/h7H,3-6H2,1-2H3;/q;-1/p+1. The van der Waals surface area contributed by atoms with Gasteiger partial charge >= 0.3 is 11.0 Å². The molecule has 148 valence electrons. The third kappa shape index (κ3) is 10.2. The fourth-order valence-corrected chi connectivity index (χ4v) is 2.47. The van der Waals surface area contributed by atoms with E-state index in [-0.39, 0.29) is 0 Å². The Morgan fingerprint density at radius 3 is 1.29 bits per heavy atom. The highest BCUT2D eigenvalue weighted by Crippen LogP contribution is 2.36. The number of rotatable bonds is 8. The SMILES string of the molecule is COCC[NH2+]CCOC.O=S(=O)([N-]S(=O)(=O)C(F)(F)F)C(F)(F)F. The minimum atomic E-state index is -6.72. The molecule has 0 amide bonds. The molecule has 0 saturated heterocycles. The van der Waals surface area contributed by atoms with Crippen LogP contribution in [0.1, 0.15) is 0 Å². The van der Waals surface area contributed by atoms with E-state index in [0.29, 0.717) is 0 Å². The van der Waals surface area contributed by atoms with Crippen LogP contribution in [-0.2, 0) is 29.5 Å². The maximum absolute atomic E-state index is 11.4. The van der Waals surface area contributed by atoms with Gasteiger partial charge in [0.05, 0.1) is 26.3 Å². The average Bonchev–Trinajstić information content (AvgIpc) is 2.35. The summed E-state index contributed by atoms with van der Waals surface area (Å²) in [4.78, 5) is 0. The van der Waals surface area contributed by atoms with Crippen molar-refractivity contribution >= 4 is 20.0 Å². The second-order valence-electron chi connectivity index (χ2n) is 3.77. The second kappa shape index (κ2) is 10.3. The summed E-state index contributed by atoms with van der Waals surface area (Å²) in [5.74, 6) is 0. The summed E-state index contributed by atoms with van der Waals surface area (Å²) in [6.07, 6.45) is 0. The first-order valence-electron chi connectivity index (χ1n) is 5.78. The van der Waals surface area contributed by atoms with Crippen molar-refractivity contribution in [1.29, 1.82) is 0 Å². The molecule has 0 saturated carbocycles. The summed E-state index contributed by atoms with van der Waals surface area (Å²) in [6.45, 7) is 3.70. The fraction of sp³-hybridized carbons (Fsp3) is 1.00. The molecule has 0 heterocycles. The molecule has 0 aliphatic rings. The van der Waals surface area contributed by atoms with Crippen molar-refractivity contribution in [3.8, 4) is 0 Å². The van der Waals surface area contributed by atoms with E-state index in [2.05, 4.69) is 5.32 Å². The van der Waals surface area contributed by atoms with Crippen LogP contribution >= 0.6 is 0 Å². The third-order valence-electron chi connectivity index (χ3n) is 1.83. The molecule has 0 atom stereocenters. The van der Waals surface area contributed by atoms with Gasteiger partial charge in [-0.2, -0.15) is 26.3 Å². The summed E-state index contributed by atoms with van der Waals surface area (Å²) < 4.78 is 119. The number of sulfonamides is 2. The Morgan fingerprint density at radius 1 is 0.792 bits per heavy atom. The molecule has 2 N–H and O–H groups in total. The average molecular weight is 414 g/mol. The van der Waals surface area contributed by atoms with Gasteiger partial charge in [0, 0.05) is 14.2 Å². The fourth-order valence-electron chi connectivity index (χ4n) is 0.760. The minimum Gasteiger partial charge on any atom is -0.421 e. The van der Waals surface area contributed by atoms with Crippen LogP contribution in [0.4, 0.5) is 26.3 Å². The molecule has 16 heteroatoms. The van der Waals surface area contributed by atoms with Crippen LogP contribution < -0.4 is 5.32 Å². The number of nitrogens with zero attached hydrogens (tertiary/aromatic N) is 1. The highest BCUT2D eigenvalue weighted by atomic mass is 32.3. The Labute approximate surface area is 134 Å². The zero-order chi connectivity index (χ0) is 19.7. The van der Waals surface area contributed by atoms with E-state index < -0.39 is 31.1 Å². The van der Waals surface area contributed by atoms with Crippen LogP contribution in [0.15, 0.2) is 0 Å². The summed E-state index contributed by atoms with van der Waals surface area (Å²) in [7, 11) is -10.0. The Morgan fingerprint density at radius 2 is 1.08 bits per heavy atom. The van der Waals surface area contributed by atoms with Gasteiger partial charge < -0.3 is 18.9 Å². The quantitative estimate of drug-likeness (QED) is 0.438. The summed E-state index contributed by atoms with van der Waals surface area (Å²) >= 11 is 0. The van der Waals surface area contributed by atoms with Crippen LogP contribution in [0, 0.1) is 0 Å². The normalized spacial score (nSPS) is 13.3. The highest BCUT2D eigenvalue weighted by molar-refractivity contribution is 8.13. The van der Waals surface area contributed by atoms with E-state index in [1.807, 2.05) is 0 Å². The van der Waals surface area contributed by atoms with Gasteiger partial charge in [-0.15, -0.1) is 0 Å². The summed E-state index contributed by atoms with van der Waals surface area (Å²) in [5.41, 5.74) is -12.4. The lowest BCUT2D eigenvalue weighted by atomic mass is 10.6. The molecule has 0 spiro atoms. The van der Waals surface area contributed by atoms with E-state index in [1.165, 1.54) is 0 Å². The molecule has 0 radical (unpaired) electrons. The van der Waals surface area contributed by atoms with E-state index in [0.717, 1.165) is 30.4 Å². The van der Waals surface area contributed by atoms with Crippen molar-refractivity contribution in [1.82, 2.24) is 0 Å². The Hall–Kier alpha value is -0.680. The van der Waals surface area contributed by atoms with Gasteiger partial charge in [-0.1, -0.05) is 0 Å². The number of alkyl halides is 6. The van der Waals surface area contributed by atoms with Crippen LogP contribution in [0.5, 0.6) is 0 Å². The van der Waals surface area contributed by atoms with Crippen molar-refractivity contribution < 1.29 is 58.0 Å². The van der Waals surface area contributed by atoms with Crippen LogP contribution in [0.3, 0.4) is 0 Å². The van der Waals surface area contributed by atoms with Crippen LogP contribution in [0.2, 0.25) is 0 Å². The topological polar surface area (TPSA) is 117 Å². The minimum absolute atomic E-state index is 0.778. The van der Waals surface area contributed by atoms with Gasteiger partial charge in [-0.3, -0.25) is 0 Å². The molecule has 0 aromatic heterocycles. The summed E-state index contributed by atoms with van der Waals surface area (Å²) in [5, 5.41) is 2.17. The van der Waals surface area contributed by atoms with Crippen molar-refractivity contribution in [3.05, 3.63) is 4.13 Å². The van der Waals surface area contributed by atoms with Gasteiger partial charge in [0.15, 0.2) is 20.0 Å². The first kappa shape index (κ1) is 25.6. The van der Waals surface area contributed by atoms with Gasteiger partial charge in [0.25, 0.3) is 0 Å². The summed E-state index contributed by atoms with van der Waals surface area (Å²) in [6, 6.07) is 0. The highest BCUT2D eigenvalue weighted by Gasteiger charge is 2.46. The molecule has 0 bridgehead atoms. The van der Waals surface area contributed by atoms with Crippen molar-refractivity contribution in [3.63, 3.8) is 0 Å². The Bertz CT molecular complexity index is 496. The first-order chi connectivity index (χ1) is 10.6. The molecule has 0 unspecified atom stereocenters. The number of hydrogen-bond donors (Lipinski definition) is 1. The number of hydrogen-bond acceptors (Lipinski definition) is 6. The second-order valence-corrected chi connectivity index (χ2v) is 7.19. The number of quaternary nitrogens is 1. The molecule has 0 aromatic rings. The zero-order valence-corrected chi connectivity index (χ0v) is 14.0. The number of ether oxygens (including phenoxy) is 2. The molecule has 0 aliphatic heterocycles. The van der Waals surface area contributed by atoms with E-state index in [4.69, 9.17) is 9.47 Å². The van der Waals surface area contributed by atoms with Gasteiger partial charge in [-0.05, 0) is 0 Å². The molecule has 24 heavy (non-hydrogen) atoms. The van der Waals surface area contributed by atoms with Crippen molar-refractivity contribution in [2.75, 3.05) is 40.5 Å². The van der Waals surface area contributed by atoms with Crippen molar-refractivity contribution in [2.24, 2.45) is 0 Å².